The first-order valence-electron chi connectivity index (χ1n) is 27.7. The summed E-state index contributed by atoms with van der Waals surface area (Å²) >= 11 is 0. The predicted molar refractivity (Wildman–Crippen MR) is 297 cm³/mol. The Balaban J connectivity index is 4.58. The lowest BCUT2D eigenvalue weighted by Crippen LogP contribution is -2.30. The van der Waals surface area contributed by atoms with Gasteiger partial charge in [0.2, 0.25) is 0 Å². The SMILES string of the molecule is CC/C=C\C/C=C\C/C=C\C/C=C\C/C=C\C/C=C\CCC(=O)OCC(COC(=O)CCCCCCC/C=C\CCCCCCCC)OC(=O)CCCCCC/C=C\C/C=C\C/C=C\C/C=C\CC. The fourth-order valence-electron chi connectivity index (χ4n) is 7.04. The van der Waals surface area contributed by atoms with E-state index in [2.05, 4.69) is 142 Å². The van der Waals surface area contributed by atoms with E-state index in [9.17, 15) is 14.4 Å². The van der Waals surface area contributed by atoms with Crippen molar-refractivity contribution < 1.29 is 28.6 Å². The highest BCUT2D eigenvalue weighted by Crippen LogP contribution is 2.13. The number of hydrogen-bond donors (Lipinski definition) is 0. The fourth-order valence-corrected chi connectivity index (χ4v) is 7.04. The van der Waals surface area contributed by atoms with Crippen molar-refractivity contribution in [1.29, 1.82) is 0 Å². The summed E-state index contributed by atoms with van der Waals surface area (Å²) in [7, 11) is 0. The molecule has 0 aliphatic rings. The van der Waals surface area contributed by atoms with E-state index >= 15 is 0 Å². The predicted octanol–water partition coefficient (Wildman–Crippen LogP) is 18.6. The normalized spacial score (nSPS) is 13.1. The molecule has 0 saturated carbocycles. The van der Waals surface area contributed by atoms with E-state index in [1.54, 1.807) is 0 Å². The van der Waals surface area contributed by atoms with Crippen LogP contribution in [0, 0.1) is 0 Å². The van der Waals surface area contributed by atoms with Gasteiger partial charge in [0.25, 0.3) is 0 Å². The number of rotatable bonds is 48. The second-order valence-electron chi connectivity index (χ2n) is 17.7. The molecule has 0 aliphatic carbocycles. The Kier molecular flexibility index (Phi) is 52.5. The molecule has 0 N–H and O–H groups in total. The van der Waals surface area contributed by atoms with E-state index in [0.717, 1.165) is 128 Å². The molecule has 388 valence electrons. The molecule has 0 rings (SSSR count). The number of carbonyl (C=O) groups is 3. The number of hydrogen-bond acceptors (Lipinski definition) is 6. The average Bonchev–Trinajstić information content (AvgIpc) is 3.35. The molecule has 0 radical (unpaired) electrons. The van der Waals surface area contributed by atoms with Crippen molar-refractivity contribution in [3.8, 4) is 0 Å². The number of ether oxygens (including phenoxy) is 3. The average molecular weight is 953 g/mol. The Bertz CT molecular complexity index is 1510. The molecule has 0 amide bonds. The van der Waals surface area contributed by atoms with Crippen molar-refractivity contribution in [2.24, 2.45) is 0 Å². The molecule has 1 atom stereocenters. The third-order valence-corrected chi connectivity index (χ3v) is 11.1. The van der Waals surface area contributed by atoms with E-state index in [0.29, 0.717) is 12.8 Å². The summed E-state index contributed by atoms with van der Waals surface area (Å²) in [5.41, 5.74) is 0. The highest BCUT2D eigenvalue weighted by Gasteiger charge is 2.19. The Morgan fingerprint density at radius 2 is 0.594 bits per heavy atom. The molecule has 0 aromatic heterocycles. The van der Waals surface area contributed by atoms with Gasteiger partial charge in [0.1, 0.15) is 13.2 Å². The minimum Gasteiger partial charge on any atom is -0.462 e. The van der Waals surface area contributed by atoms with Crippen LogP contribution in [0.3, 0.4) is 0 Å². The van der Waals surface area contributed by atoms with Crippen LogP contribution in [0.4, 0.5) is 0 Å². The van der Waals surface area contributed by atoms with Crippen LogP contribution in [0.25, 0.3) is 0 Å². The largest absolute Gasteiger partial charge is 0.462 e. The van der Waals surface area contributed by atoms with Crippen molar-refractivity contribution in [2.75, 3.05) is 13.2 Å². The Hall–Kier alpha value is -4.45. The summed E-state index contributed by atoms with van der Waals surface area (Å²) in [5, 5.41) is 0. The number of allylic oxidation sites excluding steroid dienone is 22. The van der Waals surface area contributed by atoms with Crippen LogP contribution < -0.4 is 0 Å². The van der Waals surface area contributed by atoms with Gasteiger partial charge in [-0.25, -0.2) is 0 Å². The number of carbonyl (C=O) groups excluding carboxylic acids is 3. The molecule has 0 aliphatic heterocycles. The number of unbranched alkanes of at least 4 members (excludes halogenated alkanes) is 15. The van der Waals surface area contributed by atoms with Crippen molar-refractivity contribution in [1.82, 2.24) is 0 Å². The maximum Gasteiger partial charge on any atom is 0.306 e. The Labute approximate surface area is 424 Å². The summed E-state index contributed by atoms with van der Waals surface area (Å²) < 4.78 is 16.7. The van der Waals surface area contributed by atoms with Gasteiger partial charge in [-0.3, -0.25) is 14.4 Å². The molecule has 6 nitrogen and oxygen atoms in total. The van der Waals surface area contributed by atoms with Crippen molar-refractivity contribution in [2.45, 2.75) is 232 Å². The third-order valence-electron chi connectivity index (χ3n) is 11.1. The van der Waals surface area contributed by atoms with Gasteiger partial charge in [0.05, 0.1) is 0 Å². The maximum absolute atomic E-state index is 12.8. The lowest BCUT2D eigenvalue weighted by Gasteiger charge is -2.18. The standard InChI is InChI=1S/C63H100O6/c1-4-7-10-13-16-19-22-25-28-30-31-33-35-38-41-44-47-50-53-56-62(65)68-59-60(58-67-61(64)55-52-49-46-43-40-37-34-27-24-21-18-15-12-9-6-3)69-63(66)57-54-51-48-45-42-39-36-32-29-26-23-20-17-14-11-8-5-2/h7-8,10-11,16-17,19-20,25-29,31,33-34,36,38-39,41,47,50,60H,4-6,9,12-15,18,21-24,30,32,35,37,40,42-46,48-49,51-59H2,1-3H3/b10-7-,11-8-,19-16-,20-17-,28-25-,29-26-,33-31-,34-27-,39-36-,41-38-,50-47-. The van der Waals surface area contributed by atoms with Gasteiger partial charge in [-0.15, -0.1) is 0 Å². The number of esters is 3. The molecule has 0 spiro atoms. The second-order valence-corrected chi connectivity index (χ2v) is 17.7. The molecular formula is C63H100O6. The van der Waals surface area contributed by atoms with Gasteiger partial charge in [-0.05, 0) is 122 Å². The molecule has 1 unspecified atom stereocenters. The fraction of sp³-hybridized carbons (Fsp3) is 0.603. The van der Waals surface area contributed by atoms with Gasteiger partial charge in [0, 0.05) is 19.3 Å². The zero-order valence-electron chi connectivity index (χ0n) is 44.3. The van der Waals surface area contributed by atoms with Crippen LogP contribution in [0.2, 0.25) is 0 Å². The second kappa shape index (κ2) is 56.1. The van der Waals surface area contributed by atoms with Gasteiger partial charge in [0.15, 0.2) is 6.10 Å². The first-order valence-corrected chi connectivity index (χ1v) is 27.7. The zero-order chi connectivity index (χ0) is 50.0. The zero-order valence-corrected chi connectivity index (χ0v) is 44.3. The lowest BCUT2D eigenvalue weighted by atomic mass is 10.1. The molecule has 0 saturated heterocycles. The van der Waals surface area contributed by atoms with Crippen molar-refractivity contribution >= 4 is 17.9 Å². The first-order chi connectivity index (χ1) is 34.0. The molecule has 0 bridgehead atoms. The molecule has 0 heterocycles. The van der Waals surface area contributed by atoms with Crippen LogP contribution in [0.15, 0.2) is 134 Å². The van der Waals surface area contributed by atoms with E-state index in [4.69, 9.17) is 14.2 Å². The quantitative estimate of drug-likeness (QED) is 0.0262. The maximum atomic E-state index is 12.8. The first kappa shape index (κ1) is 64.5. The van der Waals surface area contributed by atoms with Crippen LogP contribution >= 0.6 is 0 Å². The Morgan fingerprint density at radius 3 is 0.986 bits per heavy atom. The summed E-state index contributed by atoms with van der Waals surface area (Å²) in [6, 6.07) is 0. The molecular weight excluding hydrogens is 853 g/mol. The lowest BCUT2D eigenvalue weighted by molar-refractivity contribution is -0.166. The van der Waals surface area contributed by atoms with Crippen molar-refractivity contribution in [3.05, 3.63) is 134 Å². The monoisotopic (exact) mass is 953 g/mol. The minimum absolute atomic E-state index is 0.120. The molecule has 0 fully saturated rings. The summed E-state index contributed by atoms with van der Waals surface area (Å²) in [5.74, 6) is -1.05. The van der Waals surface area contributed by atoms with Gasteiger partial charge < -0.3 is 14.2 Å². The van der Waals surface area contributed by atoms with Crippen LogP contribution in [0.1, 0.15) is 226 Å². The topological polar surface area (TPSA) is 78.9 Å². The molecule has 6 heteroatoms. The highest BCUT2D eigenvalue weighted by molar-refractivity contribution is 5.71. The smallest absolute Gasteiger partial charge is 0.306 e. The Morgan fingerprint density at radius 1 is 0.304 bits per heavy atom. The molecule has 0 aromatic rings. The van der Waals surface area contributed by atoms with Crippen molar-refractivity contribution in [3.63, 3.8) is 0 Å². The van der Waals surface area contributed by atoms with Gasteiger partial charge in [-0.1, -0.05) is 219 Å². The highest BCUT2D eigenvalue weighted by atomic mass is 16.6. The third kappa shape index (κ3) is 54.4. The van der Waals surface area contributed by atoms with E-state index < -0.39 is 6.10 Å². The minimum atomic E-state index is -0.830. The molecule has 0 aromatic carbocycles. The summed E-state index contributed by atoms with van der Waals surface area (Å²) in [6.07, 6.45) is 78.7. The summed E-state index contributed by atoms with van der Waals surface area (Å²) in [4.78, 5) is 38.1. The van der Waals surface area contributed by atoms with Gasteiger partial charge in [-0.2, -0.15) is 0 Å². The van der Waals surface area contributed by atoms with E-state index in [-0.39, 0.29) is 44.0 Å². The van der Waals surface area contributed by atoms with Crippen LogP contribution in [-0.4, -0.2) is 37.2 Å². The summed E-state index contributed by atoms with van der Waals surface area (Å²) in [6.45, 7) is 6.30. The van der Waals surface area contributed by atoms with E-state index in [1.165, 1.54) is 51.4 Å². The van der Waals surface area contributed by atoms with Crippen LogP contribution in [-0.2, 0) is 28.6 Å². The van der Waals surface area contributed by atoms with E-state index in [1.807, 2.05) is 12.2 Å². The molecule has 69 heavy (non-hydrogen) atoms. The van der Waals surface area contributed by atoms with Crippen LogP contribution in [0.5, 0.6) is 0 Å². The van der Waals surface area contributed by atoms with Gasteiger partial charge >= 0.3 is 17.9 Å².